The maximum Gasteiger partial charge on any atom is 0.354 e. The van der Waals surface area contributed by atoms with E-state index in [0.717, 1.165) is 0 Å². The predicted molar refractivity (Wildman–Crippen MR) is 71.6 cm³/mol. The molecule has 0 aromatic heterocycles. The Balaban J connectivity index is 5.07. The second-order valence-corrected chi connectivity index (χ2v) is 7.79. The lowest BCUT2D eigenvalue weighted by molar-refractivity contribution is -0.129. The van der Waals surface area contributed by atoms with Gasteiger partial charge in [-0.25, -0.2) is 4.79 Å². The van der Waals surface area contributed by atoms with Crippen molar-refractivity contribution in [2.24, 2.45) is 9.81 Å². The summed E-state index contributed by atoms with van der Waals surface area (Å²) < 4.78 is 15.0. The third-order valence-corrected chi connectivity index (χ3v) is 3.60. The first-order chi connectivity index (χ1) is 7.99. The summed E-state index contributed by atoms with van der Waals surface area (Å²) in [4.78, 5) is 11.1. The third-order valence-electron chi connectivity index (χ3n) is 2.17. The Morgan fingerprint density at radius 2 is 1.89 bits per heavy atom. The highest BCUT2D eigenvalue weighted by atomic mass is 32.2. The SMILES string of the molecule is CC(C)(CC#N)CC(=N[S@@+]([O-])C(C)(C)C)C(=O)O. The van der Waals surface area contributed by atoms with Crippen molar-refractivity contribution in [2.45, 2.75) is 52.2 Å². The summed E-state index contributed by atoms with van der Waals surface area (Å²) in [6.45, 7) is 8.76. The maximum atomic E-state index is 11.8. The zero-order chi connectivity index (χ0) is 14.6. The Morgan fingerprint density at radius 3 is 2.22 bits per heavy atom. The van der Waals surface area contributed by atoms with E-state index in [1.807, 2.05) is 6.07 Å². The molecule has 0 amide bonds. The number of carboxylic acids is 1. The summed E-state index contributed by atoms with van der Waals surface area (Å²) >= 11 is -1.60. The van der Waals surface area contributed by atoms with Crippen molar-refractivity contribution in [1.82, 2.24) is 0 Å². The van der Waals surface area contributed by atoms with E-state index < -0.39 is 27.5 Å². The quantitative estimate of drug-likeness (QED) is 0.613. The molecular formula is C12H20N2O3S. The Bertz CT molecular complexity index is 378. The van der Waals surface area contributed by atoms with Gasteiger partial charge < -0.3 is 9.66 Å². The molecule has 0 aliphatic rings. The summed E-state index contributed by atoms with van der Waals surface area (Å²) in [5.74, 6) is -1.18. The molecule has 0 spiro atoms. The first-order valence-corrected chi connectivity index (χ1v) is 6.70. The molecule has 5 nitrogen and oxygen atoms in total. The van der Waals surface area contributed by atoms with Crippen molar-refractivity contribution >= 4 is 23.0 Å². The highest BCUT2D eigenvalue weighted by Crippen LogP contribution is 2.26. The molecule has 0 aliphatic heterocycles. The summed E-state index contributed by atoms with van der Waals surface area (Å²) in [7, 11) is 0. The first kappa shape index (κ1) is 16.9. The lowest BCUT2D eigenvalue weighted by Gasteiger charge is -2.22. The fourth-order valence-corrected chi connectivity index (χ4v) is 1.73. The number of nitrogens with zero attached hydrogens (tertiary/aromatic N) is 2. The number of carboxylic acid groups (broad SMARTS) is 1. The highest BCUT2D eigenvalue weighted by molar-refractivity contribution is 7.91. The van der Waals surface area contributed by atoms with E-state index in [-0.39, 0.29) is 18.6 Å². The molecule has 0 heterocycles. The average Bonchev–Trinajstić information content (AvgIpc) is 2.14. The smallest absolute Gasteiger partial charge is 0.354 e. The number of carbonyl (C=O) groups is 1. The first-order valence-electron chi connectivity index (χ1n) is 5.59. The monoisotopic (exact) mass is 272 g/mol. The Kier molecular flexibility index (Phi) is 5.84. The number of rotatable bonds is 5. The average molecular weight is 272 g/mol. The van der Waals surface area contributed by atoms with Gasteiger partial charge in [0.1, 0.15) is 16.1 Å². The molecule has 0 bridgehead atoms. The standard InChI is InChI=1S/C12H20N2O3S/c1-11(2,3)18(17)14-9(10(15)16)8-12(4,5)6-7-13/h6,8H2,1-5H3,(H,15,16)/t18-/m0/s1. The van der Waals surface area contributed by atoms with E-state index in [0.29, 0.717) is 0 Å². The van der Waals surface area contributed by atoms with E-state index in [9.17, 15) is 9.35 Å². The van der Waals surface area contributed by atoms with Gasteiger partial charge in [-0.15, -0.1) is 0 Å². The van der Waals surface area contributed by atoms with Crippen LogP contribution in [0.5, 0.6) is 0 Å². The fourth-order valence-electron chi connectivity index (χ4n) is 1.11. The molecule has 0 saturated carbocycles. The highest BCUT2D eigenvalue weighted by Gasteiger charge is 2.31. The number of aliphatic carboxylic acids is 1. The summed E-state index contributed by atoms with van der Waals surface area (Å²) in [6, 6.07) is 2.01. The number of hydrogen-bond acceptors (Lipinski definition) is 4. The van der Waals surface area contributed by atoms with Crippen molar-refractivity contribution < 1.29 is 14.5 Å². The van der Waals surface area contributed by atoms with Crippen molar-refractivity contribution in [1.29, 1.82) is 5.26 Å². The second kappa shape index (κ2) is 6.21. The molecular weight excluding hydrogens is 252 g/mol. The maximum absolute atomic E-state index is 11.8. The molecule has 0 aliphatic carbocycles. The Hall–Kier alpha value is -1.06. The van der Waals surface area contributed by atoms with Gasteiger partial charge in [-0.3, -0.25) is 0 Å². The van der Waals surface area contributed by atoms with Gasteiger partial charge >= 0.3 is 5.97 Å². The van der Waals surface area contributed by atoms with Crippen LogP contribution in [-0.2, 0) is 16.2 Å². The van der Waals surface area contributed by atoms with Crippen LogP contribution in [0.15, 0.2) is 4.40 Å². The largest absolute Gasteiger partial charge is 0.591 e. The van der Waals surface area contributed by atoms with Crippen molar-refractivity contribution in [3.63, 3.8) is 0 Å². The minimum absolute atomic E-state index is 0.123. The van der Waals surface area contributed by atoms with E-state index in [4.69, 9.17) is 10.4 Å². The van der Waals surface area contributed by atoms with Crippen LogP contribution >= 0.6 is 0 Å². The minimum Gasteiger partial charge on any atom is -0.591 e. The molecule has 102 valence electrons. The predicted octanol–water partition coefficient (Wildman–Crippen LogP) is 2.30. The van der Waals surface area contributed by atoms with Gasteiger partial charge in [-0.2, -0.15) is 5.26 Å². The molecule has 0 aromatic rings. The van der Waals surface area contributed by atoms with Crippen molar-refractivity contribution in [3.8, 4) is 6.07 Å². The van der Waals surface area contributed by atoms with E-state index in [2.05, 4.69) is 4.40 Å². The van der Waals surface area contributed by atoms with Gasteiger partial charge in [0.15, 0.2) is 5.71 Å². The molecule has 0 radical (unpaired) electrons. The summed E-state index contributed by atoms with van der Waals surface area (Å²) in [6.07, 6.45) is 0.346. The molecule has 6 heteroatoms. The molecule has 1 N–H and O–H groups in total. The van der Waals surface area contributed by atoms with Gasteiger partial charge in [0.05, 0.1) is 6.07 Å². The van der Waals surface area contributed by atoms with Crippen molar-refractivity contribution in [3.05, 3.63) is 0 Å². The van der Waals surface area contributed by atoms with Gasteiger partial charge in [-0.05, 0) is 26.2 Å². The Morgan fingerprint density at radius 1 is 1.39 bits per heavy atom. The molecule has 0 fully saturated rings. The number of hydrogen-bond donors (Lipinski definition) is 1. The van der Waals surface area contributed by atoms with Crippen LogP contribution in [0.1, 0.15) is 47.5 Å². The van der Waals surface area contributed by atoms with Crippen LogP contribution in [0.3, 0.4) is 0 Å². The zero-order valence-corrected chi connectivity index (χ0v) is 12.3. The Labute approximate surface area is 111 Å². The van der Waals surface area contributed by atoms with Gasteiger partial charge in [0.2, 0.25) is 0 Å². The second-order valence-electron chi connectivity index (χ2n) is 5.88. The topological polar surface area (TPSA) is 96.5 Å². The van der Waals surface area contributed by atoms with E-state index in [1.54, 1.807) is 34.6 Å². The van der Waals surface area contributed by atoms with Crippen LogP contribution in [0.25, 0.3) is 0 Å². The van der Waals surface area contributed by atoms with Crippen LogP contribution in [0.4, 0.5) is 0 Å². The van der Waals surface area contributed by atoms with Gasteiger partial charge in [-0.1, -0.05) is 18.2 Å². The van der Waals surface area contributed by atoms with E-state index >= 15 is 0 Å². The van der Waals surface area contributed by atoms with Crippen LogP contribution in [0, 0.1) is 16.7 Å². The molecule has 0 aromatic carbocycles. The molecule has 0 rings (SSSR count). The molecule has 0 unspecified atom stereocenters. The summed E-state index contributed by atoms with van der Waals surface area (Å²) in [5, 5.41) is 17.7. The molecule has 1 atom stereocenters. The minimum atomic E-state index is -1.60. The normalized spacial score (nSPS) is 15.1. The third kappa shape index (κ3) is 6.03. The fraction of sp³-hybridized carbons (Fsp3) is 0.750. The van der Waals surface area contributed by atoms with Gasteiger partial charge in [0.25, 0.3) is 0 Å². The van der Waals surface area contributed by atoms with Crippen LogP contribution in [-0.4, -0.2) is 26.1 Å². The number of nitriles is 1. The van der Waals surface area contributed by atoms with E-state index in [1.165, 1.54) is 0 Å². The lowest BCUT2D eigenvalue weighted by atomic mass is 9.84. The molecule has 0 saturated heterocycles. The van der Waals surface area contributed by atoms with Gasteiger partial charge in [0, 0.05) is 12.8 Å². The molecule has 18 heavy (non-hydrogen) atoms. The van der Waals surface area contributed by atoms with Crippen molar-refractivity contribution in [2.75, 3.05) is 0 Å². The lowest BCUT2D eigenvalue weighted by Crippen LogP contribution is -2.30. The zero-order valence-electron chi connectivity index (χ0n) is 11.5. The summed E-state index contributed by atoms with van der Waals surface area (Å²) in [5.41, 5.74) is -0.628. The van der Waals surface area contributed by atoms with Crippen LogP contribution < -0.4 is 0 Å². The van der Waals surface area contributed by atoms with Crippen LogP contribution in [0.2, 0.25) is 0 Å².